The summed E-state index contributed by atoms with van der Waals surface area (Å²) in [4.78, 5) is 6.72. The van der Waals surface area contributed by atoms with Gasteiger partial charge in [-0.2, -0.15) is 0 Å². The Labute approximate surface area is 105 Å². The van der Waals surface area contributed by atoms with Crippen molar-refractivity contribution in [3.05, 3.63) is 0 Å². The van der Waals surface area contributed by atoms with E-state index in [9.17, 15) is 0 Å². The van der Waals surface area contributed by atoms with E-state index in [1.807, 2.05) is 6.92 Å². The summed E-state index contributed by atoms with van der Waals surface area (Å²) in [5.74, 6) is 6.87. The van der Waals surface area contributed by atoms with Gasteiger partial charge in [0.1, 0.15) is 0 Å². The van der Waals surface area contributed by atoms with E-state index in [4.69, 9.17) is 10.6 Å². The zero-order chi connectivity index (χ0) is 13.4. The molecule has 1 unspecified atom stereocenters. The van der Waals surface area contributed by atoms with Crippen LogP contribution in [-0.2, 0) is 4.74 Å². The predicted molar refractivity (Wildman–Crippen MR) is 72.8 cm³/mol. The van der Waals surface area contributed by atoms with Gasteiger partial charge in [0.15, 0.2) is 0 Å². The maximum absolute atomic E-state index is 5.57. The quantitative estimate of drug-likeness (QED) is 0.319. The molecule has 17 heavy (non-hydrogen) atoms. The lowest BCUT2D eigenvalue weighted by molar-refractivity contribution is 0.184. The molecular formula is C12H28N4O. The van der Waals surface area contributed by atoms with Crippen LogP contribution in [0.5, 0.6) is 0 Å². The molecule has 0 aromatic carbocycles. The summed E-state index contributed by atoms with van der Waals surface area (Å²) in [5, 5.41) is 0. The molecule has 0 saturated carbocycles. The molecule has 1 atom stereocenters. The number of hydrazine groups is 1. The Morgan fingerprint density at radius 1 is 1.29 bits per heavy atom. The third kappa shape index (κ3) is 6.48. The van der Waals surface area contributed by atoms with Gasteiger partial charge in [0.05, 0.1) is 12.6 Å². The topological polar surface area (TPSA) is 62.9 Å². The van der Waals surface area contributed by atoms with Crippen molar-refractivity contribution < 1.29 is 4.74 Å². The Balaban J connectivity index is 4.76. The van der Waals surface area contributed by atoms with Crippen molar-refractivity contribution in [3.63, 3.8) is 0 Å². The first kappa shape index (κ1) is 16.2. The van der Waals surface area contributed by atoms with Crippen LogP contribution in [0.1, 0.15) is 34.6 Å². The normalized spacial score (nSPS) is 14.3. The molecule has 0 saturated heterocycles. The Kier molecular flexibility index (Phi) is 7.91. The minimum absolute atomic E-state index is 0.0967. The summed E-state index contributed by atoms with van der Waals surface area (Å²) in [6, 6.07) is 0.460. The summed E-state index contributed by atoms with van der Waals surface area (Å²) < 4.78 is 5.08. The largest absolute Gasteiger partial charge is 0.382 e. The maximum Gasteiger partial charge on any atom is 0.208 e. The highest BCUT2D eigenvalue weighted by atomic mass is 16.5. The Morgan fingerprint density at radius 2 is 1.88 bits per heavy atom. The van der Waals surface area contributed by atoms with Crippen LogP contribution in [-0.4, -0.2) is 43.2 Å². The van der Waals surface area contributed by atoms with E-state index in [1.165, 1.54) is 0 Å². The van der Waals surface area contributed by atoms with Crippen molar-refractivity contribution in [1.82, 2.24) is 10.3 Å². The third-order valence-corrected chi connectivity index (χ3v) is 2.34. The van der Waals surface area contributed by atoms with E-state index in [0.29, 0.717) is 18.6 Å². The first-order valence-electron chi connectivity index (χ1n) is 6.22. The maximum atomic E-state index is 5.57. The first-order valence-corrected chi connectivity index (χ1v) is 6.22. The molecular weight excluding hydrogens is 216 g/mol. The number of rotatable bonds is 6. The van der Waals surface area contributed by atoms with Crippen LogP contribution in [0.25, 0.3) is 0 Å². The minimum atomic E-state index is 0.0967. The molecule has 5 heteroatoms. The van der Waals surface area contributed by atoms with Gasteiger partial charge in [0.2, 0.25) is 5.96 Å². The highest BCUT2D eigenvalue weighted by Gasteiger charge is 2.16. The molecule has 0 aliphatic heterocycles. The molecule has 102 valence electrons. The molecule has 0 rings (SSSR count). The van der Waals surface area contributed by atoms with E-state index in [0.717, 1.165) is 12.5 Å². The van der Waals surface area contributed by atoms with Gasteiger partial charge < -0.3 is 9.64 Å². The van der Waals surface area contributed by atoms with Crippen LogP contribution < -0.4 is 11.3 Å². The van der Waals surface area contributed by atoms with Crippen molar-refractivity contribution in [3.8, 4) is 0 Å². The molecule has 0 heterocycles. The number of ether oxygens (including phenoxy) is 1. The van der Waals surface area contributed by atoms with Crippen LogP contribution in [0.3, 0.4) is 0 Å². The number of nitrogens with two attached hydrogens (primary N) is 1. The van der Waals surface area contributed by atoms with Crippen LogP contribution >= 0.6 is 0 Å². The molecule has 0 fully saturated rings. The van der Waals surface area contributed by atoms with Crippen LogP contribution in [0, 0.1) is 5.92 Å². The summed E-state index contributed by atoms with van der Waals surface area (Å²) in [7, 11) is 1.68. The standard InChI is InChI=1S/C12H28N4O/c1-9(2)7-16(10(3)4)12(15-13)14-11(5)8-17-6/h9-11H,7-8,13H2,1-6H3,(H,14,15). The monoisotopic (exact) mass is 244 g/mol. The lowest BCUT2D eigenvalue weighted by Crippen LogP contribution is -2.50. The molecule has 0 aromatic rings. The number of nitrogens with one attached hydrogen (secondary N) is 1. The third-order valence-electron chi connectivity index (χ3n) is 2.34. The minimum Gasteiger partial charge on any atom is -0.382 e. The molecule has 0 spiro atoms. The van der Waals surface area contributed by atoms with Gasteiger partial charge in [-0.1, -0.05) is 13.8 Å². The average Bonchev–Trinajstić information content (AvgIpc) is 2.22. The second kappa shape index (κ2) is 8.31. The number of hydrogen-bond donors (Lipinski definition) is 2. The lowest BCUT2D eigenvalue weighted by atomic mass is 10.2. The number of methoxy groups -OCH3 is 1. The van der Waals surface area contributed by atoms with E-state index >= 15 is 0 Å². The highest BCUT2D eigenvalue weighted by molar-refractivity contribution is 5.79. The van der Waals surface area contributed by atoms with Gasteiger partial charge in [0, 0.05) is 19.7 Å². The Bertz CT molecular complexity index is 229. The smallest absolute Gasteiger partial charge is 0.208 e. The van der Waals surface area contributed by atoms with Gasteiger partial charge in [-0.25, -0.2) is 10.8 Å². The second-order valence-electron chi connectivity index (χ2n) is 5.04. The fraction of sp³-hybridized carbons (Fsp3) is 0.917. The zero-order valence-corrected chi connectivity index (χ0v) is 12.0. The Hall–Kier alpha value is -0.810. The summed E-state index contributed by atoms with van der Waals surface area (Å²) in [6.45, 7) is 12.2. The summed E-state index contributed by atoms with van der Waals surface area (Å²) in [6.07, 6.45) is 0. The second-order valence-corrected chi connectivity index (χ2v) is 5.04. The van der Waals surface area contributed by atoms with Crippen molar-refractivity contribution in [1.29, 1.82) is 0 Å². The van der Waals surface area contributed by atoms with Gasteiger partial charge in [0.25, 0.3) is 0 Å². The molecule has 0 aromatic heterocycles. The molecule has 5 nitrogen and oxygen atoms in total. The van der Waals surface area contributed by atoms with Gasteiger partial charge in [-0.15, -0.1) is 0 Å². The van der Waals surface area contributed by atoms with Crippen molar-refractivity contribution in [2.75, 3.05) is 20.3 Å². The predicted octanol–water partition coefficient (Wildman–Crippen LogP) is 1.21. The zero-order valence-electron chi connectivity index (χ0n) is 12.0. The summed E-state index contributed by atoms with van der Waals surface area (Å²) >= 11 is 0. The van der Waals surface area contributed by atoms with E-state index in [1.54, 1.807) is 7.11 Å². The molecule has 0 radical (unpaired) electrons. The molecule has 0 aliphatic rings. The Morgan fingerprint density at radius 3 is 2.24 bits per heavy atom. The van der Waals surface area contributed by atoms with Crippen LogP contribution in [0.4, 0.5) is 0 Å². The van der Waals surface area contributed by atoms with Gasteiger partial charge in [-0.3, -0.25) is 5.43 Å². The number of aliphatic imine (C=N–C) groups is 1. The van der Waals surface area contributed by atoms with Crippen molar-refractivity contribution in [2.24, 2.45) is 16.8 Å². The summed E-state index contributed by atoms with van der Waals surface area (Å²) in [5.41, 5.74) is 2.70. The lowest BCUT2D eigenvalue weighted by Gasteiger charge is -2.31. The molecule has 0 aliphatic carbocycles. The fourth-order valence-corrected chi connectivity index (χ4v) is 1.62. The van der Waals surface area contributed by atoms with Crippen LogP contribution in [0.2, 0.25) is 0 Å². The SMILES string of the molecule is COCC(C)N=C(NN)N(CC(C)C)C(C)C. The van der Waals surface area contributed by atoms with E-state index in [2.05, 4.69) is 43.0 Å². The molecule has 0 amide bonds. The van der Waals surface area contributed by atoms with E-state index in [-0.39, 0.29) is 6.04 Å². The van der Waals surface area contributed by atoms with Gasteiger partial charge >= 0.3 is 0 Å². The van der Waals surface area contributed by atoms with Crippen molar-refractivity contribution in [2.45, 2.75) is 46.7 Å². The van der Waals surface area contributed by atoms with E-state index < -0.39 is 0 Å². The van der Waals surface area contributed by atoms with Crippen LogP contribution in [0.15, 0.2) is 4.99 Å². The molecule has 0 bridgehead atoms. The van der Waals surface area contributed by atoms with Gasteiger partial charge in [-0.05, 0) is 26.7 Å². The number of nitrogens with zero attached hydrogens (tertiary/aromatic N) is 2. The average molecular weight is 244 g/mol. The number of guanidine groups is 1. The number of hydrogen-bond acceptors (Lipinski definition) is 3. The first-order chi connectivity index (χ1) is 7.92. The fourth-order valence-electron chi connectivity index (χ4n) is 1.62. The molecule has 3 N–H and O–H groups in total. The van der Waals surface area contributed by atoms with Crippen molar-refractivity contribution >= 4 is 5.96 Å². The highest BCUT2D eigenvalue weighted by Crippen LogP contribution is 2.05.